The van der Waals surface area contributed by atoms with Crippen LogP contribution in [0.5, 0.6) is 0 Å². The minimum atomic E-state index is -4.70. The van der Waals surface area contributed by atoms with E-state index in [0.29, 0.717) is 5.56 Å². The third-order valence-electron chi connectivity index (χ3n) is 5.51. The Labute approximate surface area is 235 Å². The molecule has 2 aromatic rings. The van der Waals surface area contributed by atoms with Crippen LogP contribution in [0.25, 0.3) is 5.57 Å². The van der Waals surface area contributed by atoms with Crippen LogP contribution in [0.3, 0.4) is 0 Å². The predicted molar refractivity (Wildman–Crippen MR) is 143 cm³/mol. The van der Waals surface area contributed by atoms with Crippen LogP contribution in [0.1, 0.15) is 22.3 Å². The Morgan fingerprint density at radius 2 is 1.42 bits per heavy atom. The van der Waals surface area contributed by atoms with Crippen molar-refractivity contribution < 1.29 is 30.5 Å². The molecule has 0 heterocycles. The maximum absolute atomic E-state index is 11.6. The van der Waals surface area contributed by atoms with Crippen molar-refractivity contribution in [1.82, 2.24) is 0 Å². The van der Waals surface area contributed by atoms with Gasteiger partial charge in [0.25, 0.3) is 10.1 Å². The Balaban J connectivity index is 0.00000456. The summed E-state index contributed by atoms with van der Waals surface area (Å²) in [5, 5.41) is 0. The van der Waals surface area contributed by atoms with Gasteiger partial charge in [-0.15, -0.1) is 0 Å². The van der Waals surface area contributed by atoms with Gasteiger partial charge < -0.3 is 9.45 Å². The molecule has 1 N–H and O–H groups in total. The van der Waals surface area contributed by atoms with Gasteiger partial charge in [0.15, 0.2) is 5.71 Å². The molecule has 36 heavy (non-hydrogen) atoms. The molecule has 2 aromatic carbocycles. The van der Waals surface area contributed by atoms with Crippen LogP contribution in [0.15, 0.2) is 72.3 Å². The van der Waals surface area contributed by atoms with Gasteiger partial charge >= 0.3 is 0 Å². The third-order valence-corrected chi connectivity index (χ3v) is 6.85. The molecule has 0 saturated heterocycles. The van der Waals surface area contributed by atoms with Crippen LogP contribution < -0.4 is 4.90 Å². The molecule has 1 aliphatic rings. The number of benzene rings is 2. The summed E-state index contributed by atoms with van der Waals surface area (Å²) in [6.07, 6.45) is 7.81. The van der Waals surface area contributed by atoms with Crippen LogP contribution >= 0.6 is 0 Å². The maximum atomic E-state index is 11.6. The van der Waals surface area contributed by atoms with Crippen LogP contribution in [-0.4, -0.2) is 94.0 Å². The van der Waals surface area contributed by atoms with E-state index in [1.807, 2.05) is 86.2 Å². The molecule has 1 radical (unpaired) electrons. The van der Waals surface area contributed by atoms with Gasteiger partial charge in [-0.05, 0) is 63.8 Å². The van der Waals surface area contributed by atoms with E-state index in [0.717, 1.165) is 28.1 Å². The second-order valence-corrected chi connectivity index (χ2v) is 11.5. The molecule has 8 nitrogen and oxygen atoms in total. The van der Waals surface area contributed by atoms with Crippen LogP contribution in [0.2, 0.25) is 0 Å². The van der Waals surface area contributed by atoms with Crippen LogP contribution in [0, 0.1) is 0 Å². The Kier molecular flexibility index (Phi) is 10.1. The first-order valence-corrected chi connectivity index (χ1v) is 13.9. The number of rotatable bonds is 7. The summed E-state index contributed by atoms with van der Waals surface area (Å²) in [5.74, 6) is -1.68. The van der Waals surface area contributed by atoms with Gasteiger partial charge in [-0.2, -0.15) is 8.42 Å². The molecule has 0 amide bonds. The van der Waals surface area contributed by atoms with Crippen molar-refractivity contribution >= 4 is 66.8 Å². The zero-order valence-corrected chi connectivity index (χ0v) is 24.6. The molecular weight excluding hydrogens is 511 g/mol. The van der Waals surface area contributed by atoms with Gasteiger partial charge in [0.2, 0.25) is 0 Å². The smallest absolute Gasteiger partial charge is 0.269 e. The molecule has 0 unspecified atom stereocenters. The summed E-state index contributed by atoms with van der Waals surface area (Å²) in [5.41, 5.74) is 5.18. The fourth-order valence-corrected chi connectivity index (χ4v) is 5.12. The largest absolute Gasteiger partial charge is 0.748 e. The zero-order valence-electron chi connectivity index (χ0n) is 21.0. The summed E-state index contributed by atoms with van der Waals surface area (Å²) >= 11 is 0. The van der Waals surface area contributed by atoms with Crippen molar-refractivity contribution in [3.05, 3.63) is 94.6 Å². The van der Waals surface area contributed by atoms with Gasteiger partial charge in [0.05, 0.1) is 15.9 Å². The fraction of sp³-hybridized carbons (Fsp3) is 0.240. The summed E-state index contributed by atoms with van der Waals surface area (Å²) in [4.78, 5) is 1.97. The summed E-state index contributed by atoms with van der Waals surface area (Å²) in [7, 11) is -1.40. The quantitative estimate of drug-likeness (QED) is 0.326. The van der Waals surface area contributed by atoms with Crippen LogP contribution in [-0.2, 0) is 31.7 Å². The van der Waals surface area contributed by atoms with Gasteiger partial charge in [0.1, 0.15) is 19.8 Å². The Hall–Kier alpha value is -2.05. The van der Waals surface area contributed by atoms with E-state index in [2.05, 4.69) is 0 Å². The zero-order chi connectivity index (χ0) is 26.0. The maximum Gasteiger partial charge on any atom is 0.269 e. The summed E-state index contributed by atoms with van der Waals surface area (Å²) in [6.45, 7) is 0. The first kappa shape index (κ1) is 30.2. The predicted octanol–water partition coefficient (Wildman–Crippen LogP) is 2.45. The second-order valence-electron chi connectivity index (χ2n) is 8.67. The summed E-state index contributed by atoms with van der Waals surface area (Å²) < 4.78 is 68.9. The SMILES string of the molecule is CN(C)c1ccc(C(=C2C=CC(=[N+](C)C)C=C2)c2ccc(CS(=O)(=O)O)c(CS(=O)(=O)[O-])c2)cc1.[Na]. The van der Waals surface area contributed by atoms with Gasteiger partial charge in [-0.25, -0.2) is 13.0 Å². The molecular formula is C25H28N2NaO6S2. The first-order valence-electron chi connectivity index (χ1n) is 10.7. The molecule has 3 rings (SSSR count). The van der Waals surface area contributed by atoms with E-state index >= 15 is 0 Å². The van der Waals surface area contributed by atoms with Gasteiger partial charge in [-0.3, -0.25) is 4.55 Å². The topological polar surface area (TPSA) is 118 Å². The Morgan fingerprint density at radius 1 is 0.861 bits per heavy atom. The molecule has 1 aliphatic carbocycles. The standard InChI is InChI=1S/C25H28N2O6S2.Na/c1-26(2)23-11-7-18(8-12-23)25(19-9-13-24(14-10-19)27(3)4)20-5-6-21(16-34(28,29)30)22(15-20)17-35(31,32)33;/h5-15H,16-17H2,1-4H3,(H-,28,29,30,31,32,33);. The minimum Gasteiger partial charge on any atom is -0.748 e. The molecule has 187 valence electrons. The molecule has 0 fully saturated rings. The molecule has 0 atom stereocenters. The van der Waals surface area contributed by atoms with Crippen molar-refractivity contribution in [3.8, 4) is 0 Å². The van der Waals surface area contributed by atoms with Crippen molar-refractivity contribution in [2.45, 2.75) is 11.5 Å². The fourth-order valence-electron chi connectivity index (χ4n) is 3.80. The van der Waals surface area contributed by atoms with Crippen molar-refractivity contribution in [1.29, 1.82) is 0 Å². The van der Waals surface area contributed by atoms with E-state index in [1.165, 1.54) is 12.1 Å². The normalized spacial score (nSPS) is 13.4. The number of allylic oxidation sites excluding steroid dienone is 5. The van der Waals surface area contributed by atoms with Gasteiger partial charge in [-0.1, -0.05) is 24.3 Å². The van der Waals surface area contributed by atoms with E-state index in [9.17, 15) is 25.9 Å². The average Bonchev–Trinajstić information content (AvgIpc) is 2.74. The van der Waals surface area contributed by atoms with Crippen LogP contribution in [0.4, 0.5) is 5.69 Å². The van der Waals surface area contributed by atoms with E-state index in [1.54, 1.807) is 6.07 Å². The number of nitrogens with zero attached hydrogens (tertiary/aromatic N) is 2. The molecule has 0 aromatic heterocycles. The Morgan fingerprint density at radius 3 is 1.89 bits per heavy atom. The second kappa shape index (κ2) is 12.0. The minimum absolute atomic E-state index is 0. The van der Waals surface area contributed by atoms with Gasteiger partial charge in [0, 0.05) is 61.5 Å². The van der Waals surface area contributed by atoms with E-state index in [-0.39, 0.29) is 40.7 Å². The number of anilines is 1. The first-order chi connectivity index (χ1) is 16.2. The molecule has 0 bridgehead atoms. The van der Waals surface area contributed by atoms with Crippen molar-refractivity contribution in [3.63, 3.8) is 0 Å². The molecule has 0 saturated carbocycles. The number of hydrogen-bond donors (Lipinski definition) is 1. The number of hydrogen-bond acceptors (Lipinski definition) is 6. The molecule has 0 aliphatic heterocycles. The van der Waals surface area contributed by atoms with Crippen molar-refractivity contribution in [2.75, 3.05) is 33.1 Å². The third kappa shape index (κ3) is 8.24. The van der Waals surface area contributed by atoms with E-state index in [4.69, 9.17) is 0 Å². The average molecular weight is 540 g/mol. The molecule has 0 spiro atoms. The molecule has 11 heteroatoms. The Bertz CT molecular complexity index is 1450. The summed E-state index contributed by atoms with van der Waals surface area (Å²) in [6, 6.07) is 12.4. The monoisotopic (exact) mass is 539 g/mol. The van der Waals surface area contributed by atoms with Crippen molar-refractivity contribution in [2.24, 2.45) is 0 Å². The van der Waals surface area contributed by atoms with E-state index < -0.39 is 31.7 Å².